The van der Waals surface area contributed by atoms with Crippen molar-refractivity contribution in [1.29, 1.82) is 0 Å². The molecule has 0 spiro atoms. The van der Waals surface area contributed by atoms with E-state index >= 15 is 0 Å². The van der Waals surface area contributed by atoms with Crippen molar-refractivity contribution in [2.75, 3.05) is 5.32 Å². The first-order valence-electron chi connectivity index (χ1n) is 8.35. The van der Waals surface area contributed by atoms with Crippen molar-refractivity contribution in [3.8, 4) is 5.75 Å². The van der Waals surface area contributed by atoms with Gasteiger partial charge in [0.1, 0.15) is 12.4 Å². The molecule has 0 aliphatic heterocycles. The second-order valence-electron chi connectivity index (χ2n) is 5.99. The molecule has 4 nitrogen and oxygen atoms in total. The summed E-state index contributed by atoms with van der Waals surface area (Å²) in [6.45, 7) is 0.749. The fourth-order valence-corrected chi connectivity index (χ4v) is 3.28. The third-order valence-corrected chi connectivity index (χ3v) is 5.07. The number of carboxylic acid groups (broad SMARTS) is 1. The van der Waals surface area contributed by atoms with Crippen LogP contribution in [0.2, 0.25) is 15.1 Å². The molecule has 0 aliphatic carbocycles. The minimum atomic E-state index is -1.07. The number of hydrogen-bond donors (Lipinski definition) is 2. The molecule has 2 N–H and O–H groups in total. The Morgan fingerprint density at radius 3 is 2.36 bits per heavy atom. The lowest BCUT2D eigenvalue weighted by atomic mass is 10.1. The molecule has 0 aromatic heterocycles. The lowest BCUT2D eigenvalue weighted by Crippen LogP contribution is -2.03. The molecule has 0 heterocycles. The molecule has 0 bridgehead atoms. The molecule has 0 radical (unpaired) electrons. The van der Waals surface area contributed by atoms with Gasteiger partial charge >= 0.3 is 5.97 Å². The van der Waals surface area contributed by atoms with E-state index in [1.165, 1.54) is 6.07 Å². The van der Waals surface area contributed by atoms with E-state index in [0.717, 1.165) is 11.1 Å². The number of ether oxygens (including phenoxy) is 1. The van der Waals surface area contributed by atoms with E-state index in [9.17, 15) is 4.79 Å². The molecule has 0 atom stereocenters. The first-order valence-corrected chi connectivity index (χ1v) is 9.49. The molecule has 3 aromatic carbocycles. The number of halogens is 3. The van der Waals surface area contributed by atoms with Crippen molar-refractivity contribution in [2.45, 2.75) is 13.2 Å². The number of rotatable bonds is 7. The highest BCUT2D eigenvalue weighted by Gasteiger charge is 2.10. The predicted octanol–water partition coefficient (Wildman–Crippen LogP) is 6.54. The van der Waals surface area contributed by atoms with E-state index < -0.39 is 5.97 Å². The van der Waals surface area contributed by atoms with E-state index in [-0.39, 0.29) is 17.2 Å². The van der Waals surface area contributed by atoms with Crippen molar-refractivity contribution in [1.82, 2.24) is 0 Å². The number of aromatic carboxylic acids is 1. The summed E-state index contributed by atoms with van der Waals surface area (Å²) >= 11 is 18.2. The van der Waals surface area contributed by atoms with Crippen LogP contribution in [0.15, 0.2) is 60.7 Å². The Balaban J connectivity index is 1.65. The van der Waals surface area contributed by atoms with Gasteiger partial charge < -0.3 is 15.2 Å². The Morgan fingerprint density at radius 2 is 1.64 bits per heavy atom. The summed E-state index contributed by atoms with van der Waals surface area (Å²) in [5, 5.41) is 13.7. The van der Waals surface area contributed by atoms with Crippen molar-refractivity contribution in [2.24, 2.45) is 0 Å². The summed E-state index contributed by atoms with van der Waals surface area (Å²) in [7, 11) is 0. The van der Waals surface area contributed by atoms with Crippen LogP contribution in [-0.2, 0) is 13.2 Å². The number of benzene rings is 3. The maximum Gasteiger partial charge on any atom is 0.337 e. The second-order valence-corrected chi connectivity index (χ2v) is 7.21. The van der Waals surface area contributed by atoms with Crippen LogP contribution in [0.4, 0.5) is 5.69 Å². The maximum absolute atomic E-state index is 11.2. The first kappa shape index (κ1) is 20.3. The average molecular weight is 437 g/mol. The normalized spacial score (nSPS) is 10.5. The smallest absolute Gasteiger partial charge is 0.337 e. The summed E-state index contributed by atoms with van der Waals surface area (Å²) in [4.78, 5) is 11.2. The van der Waals surface area contributed by atoms with Gasteiger partial charge in [-0.1, -0.05) is 53.0 Å². The minimum absolute atomic E-state index is 0.0559. The summed E-state index contributed by atoms with van der Waals surface area (Å²) in [6.07, 6.45) is 0. The Morgan fingerprint density at radius 1 is 0.929 bits per heavy atom. The molecule has 0 amide bonds. The third kappa shape index (κ3) is 5.10. The molecule has 3 aromatic rings. The van der Waals surface area contributed by atoms with Crippen LogP contribution < -0.4 is 10.1 Å². The van der Waals surface area contributed by atoms with Gasteiger partial charge in [0.25, 0.3) is 0 Å². The maximum atomic E-state index is 11.2. The topological polar surface area (TPSA) is 58.6 Å². The molecule has 0 fully saturated rings. The van der Waals surface area contributed by atoms with Crippen LogP contribution in [0.25, 0.3) is 0 Å². The molecule has 0 unspecified atom stereocenters. The highest BCUT2D eigenvalue weighted by molar-refractivity contribution is 6.36. The quantitative estimate of drug-likeness (QED) is 0.442. The summed E-state index contributed by atoms with van der Waals surface area (Å²) < 4.78 is 5.82. The van der Waals surface area contributed by atoms with Gasteiger partial charge in [-0.25, -0.2) is 4.79 Å². The van der Waals surface area contributed by atoms with E-state index in [1.807, 2.05) is 24.3 Å². The molecule has 0 aliphatic rings. The average Bonchev–Trinajstić information content (AvgIpc) is 2.67. The Labute approximate surface area is 177 Å². The second kappa shape index (κ2) is 9.20. The van der Waals surface area contributed by atoms with Crippen molar-refractivity contribution in [3.05, 3.63) is 92.4 Å². The van der Waals surface area contributed by atoms with Gasteiger partial charge in [0, 0.05) is 27.8 Å². The predicted molar refractivity (Wildman–Crippen MR) is 113 cm³/mol. The van der Waals surface area contributed by atoms with Crippen LogP contribution >= 0.6 is 34.8 Å². The fourth-order valence-electron chi connectivity index (χ4n) is 2.57. The lowest BCUT2D eigenvalue weighted by Gasteiger charge is -2.12. The van der Waals surface area contributed by atoms with Crippen LogP contribution in [0.5, 0.6) is 5.75 Å². The monoisotopic (exact) mass is 435 g/mol. The summed E-state index contributed by atoms with van der Waals surface area (Å²) in [5.41, 5.74) is 2.42. The number of anilines is 1. The van der Waals surface area contributed by atoms with Crippen LogP contribution in [0, 0.1) is 0 Å². The van der Waals surface area contributed by atoms with Crippen molar-refractivity contribution in [3.63, 3.8) is 0 Å². The number of carboxylic acids is 1. The zero-order valence-corrected chi connectivity index (χ0v) is 16.9. The number of carbonyl (C=O) groups is 1. The van der Waals surface area contributed by atoms with Gasteiger partial charge in [-0.3, -0.25) is 0 Å². The summed E-state index contributed by atoms with van der Waals surface area (Å²) in [5.74, 6) is -0.389. The zero-order valence-electron chi connectivity index (χ0n) is 14.6. The molecule has 28 heavy (non-hydrogen) atoms. The molecule has 0 saturated carbocycles. The molecule has 144 valence electrons. The Bertz CT molecular complexity index is 988. The van der Waals surface area contributed by atoms with Crippen LogP contribution in [0.1, 0.15) is 21.5 Å². The lowest BCUT2D eigenvalue weighted by molar-refractivity contribution is 0.0697. The summed E-state index contributed by atoms with van der Waals surface area (Å²) in [6, 6.07) is 17.7. The zero-order chi connectivity index (χ0) is 20.1. The Hall–Kier alpha value is -2.40. The molecule has 7 heteroatoms. The van der Waals surface area contributed by atoms with E-state index in [1.54, 1.807) is 30.3 Å². The fraction of sp³-hybridized carbons (Fsp3) is 0.0952. The van der Waals surface area contributed by atoms with E-state index in [0.29, 0.717) is 28.0 Å². The van der Waals surface area contributed by atoms with Gasteiger partial charge in [0.2, 0.25) is 0 Å². The number of hydrogen-bond acceptors (Lipinski definition) is 3. The van der Waals surface area contributed by atoms with Gasteiger partial charge in [-0.2, -0.15) is 0 Å². The number of nitrogens with one attached hydrogen (secondary N) is 1. The Kier molecular flexibility index (Phi) is 6.68. The minimum Gasteiger partial charge on any atom is -0.489 e. The van der Waals surface area contributed by atoms with Crippen LogP contribution in [0.3, 0.4) is 0 Å². The van der Waals surface area contributed by atoms with Gasteiger partial charge in [0.15, 0.2) is 0 Å². The third-order valence-electron chi connectivity index (χ3n) is 4.04. The standard InChI is InChI=1S/C21H16Cl3NO3/c22-18-5-2-6-19(23)17(18)12-28-15-4-1-3-13(9-15)11-25-14-7-8-20(24)16(10-14)21(26)27/h1-10,25H,11-12H2,(H,26,27). The molecular formula is C21H16Cl3NO3. The van der Waals surface area contributed by atoms with Crippen molar-refractivity contribution >= 4 is 46.5 Å². The molecular weight excluding hydrogens is 421 g/mol. The van der Waals surface area contributed by atoms with Crippen molar-refractivity contribution < 1.29 is 14.6 Å². The molecule has 0 saturated heterocycles. The highest BCUT2D eigenvalue weighted by atomic mass is 35.5. The van der Waals surface area contributed by atoms with Crippen LogP contribution in [-0.4, -0.2) is 11.1 Å². The SMILES string of the molecule is O=C(O)c1cc(NCc2cccc(OCc3c(Cl)cccc3Cl)c2)ccc1Cl. The van der Waals surface area contributed by atoms with Gasteiger partial charge in [-0.05, 0) is 48.0 Å². The van der Waals surface area contributed by atoms with Gasteiger partial charge in [-0.15, -0.1) is 0 Å². The van der Waals surface area contributed by atoms with Gasteiger partial charge in [0.05, 0.1) is 10.6 Å². The molecule has 3 rings (SSSR count). The highest BCUT2D eigenvalue weighted by Crippen LogP contribution is 2.26. The van der Waals surface area contributed by atoms with E-state index in [2.05, 4.69) is 5.32 Å². The van der Waals surface area contributed by atoms with E-state index in [4.69, 9.17) is 44.6 Å². The first-order chi connectivity index (χ1) is 13.4. The largest absolute Gasteiger partial charge is 0.489 e.